The van der Waals surface area contributed by atoms with Crippen LogP contribution in [0.4, 0.5) is 0 Å². The van der Waals surface area contributed by atoms with Crippen molar-refractivity contribution in [2.24, 2.45) is 0 Å². The molecular formula is C22H30N2O3. The van der Waals surface area contributed by atoms with Crippen LogP contribution in [0.2, 0.25) is 0 Å². The van der Waals surface area contributed by atoms with Crippen LogP contribution in [-0.2, 0) is 9.59 Å². The number of esters is 1. The molecule has 1 heterocycles. The number of rotatable bonds is 11. The molecule has 5 heteroatoms. The molecule has 2 rings (SSSR count). The van der Waals surface area contributed by atoms with Gasteiger partial charge in [0, 0.05) is 17.9 Å². The fourth-order valence-electron chi connectivity index (χ4n) is 2.91. The van der Waals surface area contributed by atoms with E-state index in [1.54, 1.807) is 13.0 Å². The van der Waals surface area contributed by atoms with Crippen molar-refractivity contribution in [1.29, 1.82) is 0 Å². The predicted octanol–water partition coefficient (Wildman–Crippen LogP) is 4.79. The molecule has 0 unspecified atom stereocenters. The maximum Gasteiger partial charge on any atom is 0.335 e. The Morgan fingerprint density at radius 1 is 1.00 bits per heavy atom. The van der Waals surface area contributed by atoms with E-state index in [1.807, 2.05) is 30.3 Å². The summed E-state index contributed by atoms with van der Waals surface area (Å²) in [4.78, 5) is 28.5. The van der Waals surface area contributed by atoms with Gasteiger partial charge in [-0.1, -0.05) is 63.6 Å². The van der Waals surface area contributed by atoms with E-state index in [-0.39, 0.29) is 11.8 Å². The van der Waals surface area contributed by atoms with Crippen LogP contribution in [0.1, 0.15) is 65.2 Å². The number of para-hydroxylation sites is 1. The van der Waals surface area contributed by atoms with Gasteiger partial charge in [0.05, 0.1) is 5.52 Å². The topological polar surface area (TPSA) is 68.3 Å². The number of ether oxygens (including phenoxy) is 1. The minimum Gasteiger partial charge on any atom is -0.406 e. The first-order valence-electron chi connectivity index (χ1n) is 9.97. The van der Waals surface area contributed by atoms with Gasteiger partial charge in [-0.15, -0.1) is 0 Å². The van der Waals surface area contributed by atoms with Crippen molar-refractivity contribution in [3.8, 4) is 5.88 Å². The fraction of sp³-hybridized carbons (Fsp3) is 0.500. The summed E-state index contributed by atoms with van der Waals surface area (Å²) in [7, 11) is 0. The van der Waals surface area contributed by atoms with Gasteiger partial charge in [0.1, 0.15) is 6.04 Å². The number of nitrogens with zero attached hydrogens (tertiary/aromatic N) is 1. The average molecular weight is 370 g/mol. The number of benzene rings is 1. The highest BCUT2D eigenvalue weighted by Gasteiger charge is 2.18. The Morgan fingerprint density at radius 2 is 1.70 bits per heavy atom. The molecule has 0 aliphatic heterocycles. The van der Waals surface area contributed by atoms with Crippen molar-refractivity contribution in [3.63, 3.8) is 0 Å². The summed E-state index contributed by atoms with van der Waals surface area (Å²) in [6.45, 7) is 3.83. The molecule has 0 fully saturated rings. The van der Waals surface area contributed by atoms with Crippen LogP contribution in [0.3, 0.4) is 0 Å². The van der Waals surface area contributed by atoms with E-state index in [4.69, 9.17) is 4.74 Å². The fourth-order valence-corrected chi connectivity index (χ4v) is 2.91. The summed E-state index contributed by atoms with van der Waals surface area (Å²) in [5.74, 6) is -0.378. The van der Waals surface area contributed by atoms with Crippen LogP contribution in [0.15, 0.2) is 36.4 Å². The molecule has 1 aromatic carbocycles. The Morgan fingerprint density at radius 3 is 2.48 bits per heavy atom. The molecule has 146 valence electrons. The van der Waals surface area contributed by atoms with Crippen molar-refractivity contribution in [3.05, 3.63) is 36.4 Å². The standard InChI is InChI=1S/C22H30N2O3/c1-3-4-5-6-7-8-9-14-20(25)23-17(2)22(26)27-21-16-15-18-12-10-11-13-19(18)24-21/h10-13,15-17H,3-9,14H2,1-2H3,(H,23,25)/t17-/m0/s1. The molecule has 0 saturated heterocycles. The Kier molecular flexibility index (Phi) is 8.75. The quantitative estimate of drug-likeness (QED) is 0.456. The van der Waals surface area contributed by atoms with Crippen molar-refractivity contribution in [2.75, 3.05) is 0 Å². The average Bonchev–Trinajstić information content (AvgIpc) is 2.67. The minimum atomic E-state index is -0.699. The van der Waals surface area contributed by atoms with E-state index in [2.05, 4.69) is 17.2 Å². The van der Waals surface area contributed by atoms with E-state index >= 15 is 0 Å². The van der Waals surface area contributed by atoms with Crippen molar-refractivity contribution < 1.29 is 14.3 Å². The number of carbonyl (C=O) groups is 2. The number of hydrogen-bond acceptors (Lipinski definition) is 4. The number of aromatic nitrogens is 1. The molecule has 0 saturated carbocycles. The lowest BCUT2D eigenvalue weighted by Crippen LogP contribution is -2.40. The van der Waals surface area contributed by atoms with Crippen LogP contribution in [-0.4, -0.2) is 22.9 Å². The molecule has 0 bridgehead atoms. The summed E-state index contributed by atoms with van der Waals surface area (Å²) in [5, 5.41) is 3.69. The van der Waals surface area contributed by atoms with E-state index in [0.29, 0.717) is 6.42 Å². The van der Waals surface area contributed by atoms with E-state index in [9.17, 15) is 9.59 Å². The highest BCUT2D eigenvalue weighted by Crippen LogP contribution is 2.16. The van der Waals surface area contributed by atoms with Crippen LogP contribution in [0.5, 0.6) is 5.88 Å². The molecule has 1 amide bonds. The third kappa shape index (κ3) is 7.37. The molecule has 5 nitrogen and oxygen atoms in total. The van der Waals surface area contributed by atoms with Gasteiger partial charge in [0.25, 0.3) is 0 Å². The normalized spacial score (nSPS) is 11.9. The first-order chi connectivity index (χ1) is 13.1. The molecule has 0 aliphatic carbocycles. The minimum absolute atomic E-state index is 0.112. The number of amides is 1. The second kappa shape index (κ2) is 11.3. The van der Waals surface area contributed by atoms with Crippen molar-refractivity contribution in [1.82, 2.24) is 10.3 Å². The molecule has 2 aromatic rings. The van der Waals surface area contributed by atoms with Gasteiger partial charge < -0.3 is 10.1 Å². The molecular weight excluding hydrogens is 340 g/mol. The van der Waals surface area contributed by atoms with Gasteiger partial charge in [0.2, 0.25) is 11.8 Å². The highest BCUT2D eigenvalue weighted by molar-refractivity contribution is 5.85. The Labute approximate surface area is 161 Å². The summed E-state index contributed by atoms with van der Waals surface area (Å²) >= 11 is 0. The SMILES string of the molecule is CCCCCCCCCC(=O)N[C@@H](C)C(=O)Oc1ccc2ccccc2n1. The van der Waals surface area contributed by atoms with E-state index < -0.39 is 12.0 Å². The third-order valence-electron chi connectivity index (χ3n) is 4.52. The number of unbranched alkanes of at least 4 members (excludes halogenated alkanes) is 6. The van der Waals surface area contributed by atoms with E-state index in [1.165, 1.54) is 32.1 Å². The van der Waals surface area contributed by atoms with Crippen LogP contribution in [0.25, 0.3) is 10.9 Å². The molecule has 0 spiro atoms. The van der Waals surface area contributed by atoms with Gasteiger partial charge >= 0.3 is 5.97 Å². The Bertz CT molecular complexity index is 745. The number of fused-ring (bicyclic) bond motifs is 1. The van der Waals surface area contributed by atoms with Crippen molar-refractivity contribution >= 4 is 22.8 Å². The summed E-state index contributed by atoms with van der Waals surface area (Å²) in [6, 6.07) is 10.4. The van der Waals surface area contributed by atoms with Crippen LogP contribution in [0, 0.1) is 0 Å². The lowest BCUT2D eigenvalue weighted by molar-refractivity contribution is -0.139. The Balaban J connectivity index is 1.70. The smallest absolute Gasteiger partial charge is 0.335 e. The van der Waals surface area contributed by atoms with Crippen LogP contribution >= 0.6 is 0 Å². The number of hydrogen-bond donors (Lipinski definition) is 1. The molecule has 1 N–H and O–H groups in total. The van der Waals surface area contributed by atoms with Crippen LogP contribution < -0.4 is 10.1 Å². The number of carbonyl (C=O) groups excluding carboxylic acids is 2. The lowest BCUT2D eigenvalue weighted by Gasteiger charge is -2.13. The maximum absolute atomic E-state index is 12.2. The summed E-state index contributed by atoms with van der Waals surface area (Å²) < 4.78 is 5.30. The zero-order valence-corrected chi connectivity index (χ0v) is 16.4. The Hall–Kier alpha value is -2.43. The van der Waals surface area contributed by atoms with E-state index in [0.717, 1.165) is 23.7 Å². The molecule has 1 atom stereocenters. The predicted molar refractivity (Wildman–Crippen MR) is 108 cm³/mol. The zero-order valence-electron chi connectivity index (χ0n) is 16.4. The van der Waals surface area contributed by atoms with Gasteiger partial charge in [-0.3, -0.25) is 4.79 Å². The van der Waals surface area contributed by atoms with Gasteiger partial charge in [0.15, 0.2) is 0 Å². The van der Waals surface area contributed by atoms with Gasteiger partial charge in [-0.2, -0.15) is 0 Å². The number of nitrogens with one attached hydrogen (secondary N) is 1. The second-order valence-electron chi connectivity index (χ2n) is 6.92. The molecule has 0 radical (unpaired) electrons. The van der Waals surface area contributed by atoms with Gasteiger partial charge in [-0.05, 0) is 25.5 Å². The molecule has 0 aliphatic rings. The summed E-state index contributed by atoms with van der Waals surface area (Å²) in [6.07, 6.45) is 8.55. The van der Waals surface area contributed by atoms with Gasteiger partial charge in [-0.25, -0.2) is 9.78 Å². The largest absolute Gasteiger partial charge is 0.406 e. The zero-order chi connectivity index (χ0) is 19.5. The highest BCUT2D eigenvalue weighted by atomic mass is 16.5. The number of pyridine rings is 1. The third-order valence-corrected chi connectivity index (χ3v) is 4.52. The molecule has 1 aromatic heterocycles. The first-order valence-corrected chi connectivity index (χ1v) is 9.97. The first kappa shape index (κ1) is 20.9. The lowest BCUT2D eigenvalue weighted by atomic mass is 10.1. The molecule has 27 heavy (non-hydrogen) atoms. The maximum atomic E-state index is 12.2. The monoisotopic (exact) mass is 370 g/mol. The summed E-state index contributed by atoms with van der Waals surface area (Å²) in [5.41, 5.74) is 0.762. The second-order valence-corrected chi connectivity index (χ2v) is 6.92. The van der Waals surface area contributed by atoms with Crippen molar-refractivity contribution in [2.45, 2.75) is 71.3 Å².